The van der Waals surface area contributed by atoms with Crippen LogP contribution in [0.25, 0.3) is 0 Å². The molecule has 0 aliphatic carbocycles. The number of halogens is 1. The fourth-order valence-electron chi connectivity index (χ4n) is 2.49. The van der Waals surface area contributed by atoms with Gasteiger partial charge in [0.1, 0.15) is 0 Å². The van der Waals surface area contributed by atoms with E-state index in [9.17, 15) is 9.59 Å². The lowest BCUT2D eigenvalue weighted by Gasteiger charge is -2.23. The Balaban J connectivity index is 1.91. The van der Waals surface area contributed by atoms with Crippen LogP contribution < -0.4 is 5.32 Å². The maximum Gasteiger partial charge on any atom is 0.264 e. The first-order valence-electron chi connectivity index (χ1n) is 8.82. The Morgan fingerprint density at radius 1 is 1.11 bits per heavy atom. The summed E-state index contributed by atoms with van der Waals surface area (Å²) in [6.45, 7) is 5.62. The Morgan fingerprint density at radius 2 is 1.78 bits per heavy atom. The molecule has 0 unspecified atom stereocenters. The molecule has 2 aromatic rings. The van der Waals surface area contributed by atoms with Crippen molar-refractivity contribution >= 4 is 39.1 Å². The fourth-order valence-corrected chi connectivity index (χ4v) is 3.87. The molecule has 0 aliphatic rings. The lowest BCUT2D eigenvalue weighted by molar-refractivity contribution is -0.121. The molecule has 1 N–H and O–H groups in total. The van der Waals surface area contributed by atoms with E-state index in [1.807, 2.05) is 24.3 Å². The molecule has 0 saturated carbocycles. The Hall–Kier alpha value is -1.70. The topological polar surface area (TPSA) is 52.7 Å². The number of carbonyl (C=O) groups excluding carboxylic acids is 2. The molecule has 1 aromatic carbocycles. The summed E-state index contributed by atoms with van der Waals surface area (Å²) in [5, 5.41) is 2.93. The molecular weight excluding hydrogens is 426 g/mol. The van der Waals surface area contributed by atoms with Crippen LogP contribution in [0.4, 0.5) is 0 Å². The maximum absolute atomic E-state index is 12.3. The number of nitrogens with zero attached hydrogens (tertiary/aromatic N) is 2. The van der Waals surface area contributed by atoms with Crippen molar-refractivity contribution in [1.29, 1.82) is 0 Å². The number of hydrogen-bond acceptors (Lipinski definition) is 4. The Kier molecular flexibility index (Phi) is 8.01. The van der Waals surface area contributed by atoms with E-state index < -0.39 is 0 Å². The molecular formula is C20H26BrN3O2S. The summed E-state index contributed by atoms with van der Waals surface area (Å²) < 4.78 is 0.895. The Labute approximate surface area is 173 Å². The largest absolute Gasteiger partial charge is 0.350 e. The molecule has 27 heavy (non-hydrogen) atoms. The summed E-state index contributed by atoms with van der Waals surface area (Å²) in [5.41, 5.74) is 2.29. The van der Waals surface area contributed by atoms with Gasteiger partial charge in [0, 0.05) is 26.2 Å². The first-order chi connectivity index (χ1) is 12.8. The Bertz CT molecular complexity index is 791. The van der Waals surface area contributed by atoms with Gasteiger partial charge in [-0.05, 0) is 60.1 Å². The fraction of sp³-hybridized carbons (Fsp3) is 0.400. The van der Waals surface area contributed by atoms with Crippen LogP contribution in [-0.2, 0) is 17.9 Å². The molecule has 1 heterocycles. The highest BCUT2D eigenvalue weighted by Crippen LogP contribution is 2.23. The zero-order chi connectivity index (χ0) is 20.0. The third kappa shape index (κ3) is 6.45. The van der Waals surface area contributed by atoms with Crippen molar-refractivity contribution in [2.24, 2.45) is 0 Å². The first kappa shape index (κ1) is 21.6. The summed E-state index contributed by atoms with van der Waals surface area (Å²) in [5.74, 6) is -0.326. The first-order valence-corrected chi connectivity index (χ1v) is 10.4. The molecule has 1 aromatic heterocycles. The van der Waals surface area contributed by atoms with E-state index in [1.165, 1.54) is 21.8 Å². The number of likely N-dealkylation sites (N-methyl/N-ethyl adjacent to an activating group) is 1. The number of nitrogens with one attached hydrogen (secondary N) is 1. The lowest BCUT2D eigenvalue weighted by Crippen LogP contribution is -2.38. The quantitative estimate of drug-likeness (QED) is 0.664. The van der Waals surface area contributed by atoms with Gasteiger partial charge in [-0.25, -0.2) is 0 Å². The number of thiophene rings is 1. The second-order valence-corrected chi connectivity index (χ2v) is 9.28. The van der Waals surface area contributed by atoms with Crippen molar-refractivity contribution in [2.45, 2.75) is 33.0 Å². The maximum atomic E-state index is 12.3. The summed E-state index contributed by atoms with van der Waals surface area (Å²) in [7, 11) is 3.73. The van der Waals surface area contributed by atoms with Crippen LogP contribution in [0.5, 0.6) is 0 Å². The second-order valence-electron chi connectivity index (χ2n) is 6.82. The van der Waals surface area contributed by atoms with Gasteiger partial charge in [-0.1, -0.05) is 24.3 Å². The third-order valence-corrected chi connectivity index (χ3v) is 6.02. The predicted molar refractivity (Wildman–Crippen MR) is 114 cm³/mol. The van der Waals surface area contributed by atoms with Gasteiger partial charge in [-0.3, -0.25) is 14.5 Å². The molecule has 0 saturated heterocycles. The van der Waals surface area contributed by atoms with Crippen LogP contribution in [0.15, 0.2) is 40.2 Å². The zero-order valence-electron chi connectivity index (χ0n) is 16.2. The summed E-state index contributed by atoms with van der Waals surface area (Å²) in [4.78, 5) is 28.9. The molecule has 5 nitrogen and oxygen atoms in total. The molecule has 0 atom stereocenters. The van der Waals surface area contributed by atoms with E-state index in [2.05, 4.69) is 53.1 Å². The van der Waals surface area contributed by atoms with Gasteiger partial charge in [0.15, 0.2) is 0 Å². The average Bonchev–Trinajstić information content (AvgIpc) is 3.06. The smallest absolute Gasteiger partial charge is 0.264 e. The van der Waals surface area contributed by atoms with Crippen molar-refractivity contribution in [1.82, 2.24) is 15.1 Å². The van der Waals surface area contributed by atoms with Crippen LogP contribution in [0.3, 0.4) is 0 Å². The van der Waals surface area contributed by atoms with E-state index >= 15 is 0 Å². The standard InChI is InChI=1S/C20H26BrN3O2S/c1-14(2)23(3)12-16-8-6-5-7-15(16)11-22-19(25)13-24(4)20(26)17-9-10-18(21)27-17/h5-10,14H,11-13H2,1-4H3,(H,22,25). The normalized spacial score (nSPS) is 11.1. The van der Waals surface area contributed by atoms with Crippen LogP contribution in [-0.4, -0.2) is 48.3 Å². The van der Waals surface area contributed by atoms with Crippen molar-refractivity contribution < 1.29 is 9.59 Å². The highest BCUT2D eigenvalue weighted by molar-refractivity contribution is 9.11. The van der Waals surface area contributed by atoms with Gasteiger partial charge in [0.25, 0.3) is 5.91 Å². The van der Waals surface area contributed by atoms with Gasteiger partial charge in [-0.15, -0.1) is 11.3 Å². The van der Waals surface area contributed by atoms with E-state index in [4.69, 9.17) is 0 Å². The minimum atomic E-state index is -0.173. The summed E-state index contributed by atoms with van der Waals surface area (Å²) >= 11 is 4.71. The molecule has 0 radical (unpaired) electrons. The molecule has 7 heteroatoms. The lowest BCUT2D eigenvalue weighted by atomic mass is 10.1. The molecule has 0 bridgehead atoms. The number of hydrogen-bond donors (Lipinski definition) is 1. The number of amides is 2. The van der Waals surface area contributed by atoms with E-state index in [-0.39, 0.29) is 18.4 Å². The van der Waals surface area contributed by atoms with Crippen LogP contribution in [0, 0.1) is 0 Å². The highest BCUT2D eigenvalue weighted by atomic mass is 79.9. The van der Waals surface area contributed by atoms with Crippen molar-refractivity contribution in [2.75, 3.05) is 20.6 Å². The van der Waals surface area contributed by atoms with Crippen molar-refractivity contribution in [3.05, 3.63) is 56.2 Å². The van der Waals surface area contributed by atoms with Gasteiger partial charge >= 0.3 is 0 Å². The number of benzene rings is 1. The minimum Gasteiger partial charge on any atom is -0.350 e. The van der Waals surface area contributed by atoms with Crippen molar-refractivity contribution in [3.63, 3.8) is 0 Å². The van der Waals surface area contributed by atoms with Gasteiger partial charge in [-0.2, -0.15) is 0 Å². The third-order valence-electron chi connectivity index (χ3n) is 4.41. The van der Waals surface area contributed by atoms with Crippen LogP contribution >= 0.6 is 27.3 Å². The van der Waals surface area contributed by atoms with Crippen LogP contribution in [0.2, 0.25) is 0 Å². The zero-order valence-corrected chi connectivity index (χ0v) is 18.6. The van der Waals surface area contributed by atoms with Gasteiger partial charge < -0.3 is 10.2 Å². The van der Waals surface area contributed by atoms with Crippen molar-refractivity contribution in [3.8, 4) is 0 Å². The Morgan fingerprint density at radius 3 is 2.37 bits per heavy atom. The molecule has 0 aliphatic heterocycles. The number of rotatable bonds is 8. The number of carbonyl (C=O) groups is 2. The predicted octanol–water partition coefficient (Wildman–Crippen LogP) is 3.74. The minimum absolute atomic E-state index is 0.0302. The second kappa shape index (κ2) is 10.0. The van der Waals surface area contributed by atoms with E-state index in [1.54, 1.807) is 13.1 Å². The monoisotopic (exact) mass is 451 g/mol. The van der Waals surface area contributed by atoms with E-state index in [0.717, 1.165) is 15.9 Å². The average molecular weight is 452 g/mol. The molecule has 2 rings (SSSR count). The summed E-state index contributed by atoms with van der Waals surface area (Å²) in [6.07, 6.45) is 0. The highest BCUT2D eigenvalue weighted by Gasteiger charge is 2.17. The van der Waals surface area contributed by atoms with Gasteiger partial charge in [0.05, 0.1) is 15.2 Å². The molecule has 0 spiro atoms. The molecule has 2 amide bonds. The van der Waals surface area contributed by atoms with Gasteiger partial charge in [0.2, 0.25) is 5.91 Å². The van der Waals surface area contributed by atoms with E-state index in [0.29, 0.717) is 17.5 Å². The SMILES string of the molecule is CC(C)N(C)Cc1ccccc1CNC(=O)CN(C)C(=O)c1ccc(Br)s1. The summed E-state index contributed by atoms with van der Waals surface area (Å²) in [6, 6.07) is 12.1. The molecule has 0 fully saturated rings. The molecule has 146 valence electrons. The van der Waals surface area contributed by atoms with Crippen LogP contribution in [0.1, 0.15) is 34.6 Å².